The Bertz CT molecular complexity index is 1240. The van der Waals surface area contributed by atoms with Crippen LogP contribution in [0.15, 0.2) is 53.0 Å². The molecule has 2 aromatic heterocycles. The summed E-state index contributed by atoms with van der Waals surface area (Å²) in [6.45, 7) is 0. The predicted molar refractivity (Wildman–Crippen MR) is 128 cm³/mol. The molecule has 2 aromatic carbocycles. The highest BCUT2D eigenvalue weighted by molar-refractivity contribution is 7.99. The zero-order valence-electron chi connectivity index (χ0n) is 15.6. The summed E-state index contributed by atoms with van der Waals surface area (Å²) in [5, 5.41) is 15.2. The Morgan fingerprint density at radius 1 is 1.10 bits per heavy atom. The number of nitrogen functional groups attached to an aromatic ring is 1. The Kier molecular flexibility index (Phi) is 6.68. The minimum atomic E-state index is -0.240. The minimum absolute atomic E-state index is 0.0829. The van der Waals surface area contributed by atoms with Crippen molar-refractivity contribution in [2.24, 2.45) is 0 Å². The van der Waals surface area contributed by atoms with Gasteiger partial charge in [-0.2, -0.15) is 0 Å². The molecule has 0 saturated carbocycles. The third-order valence-electron chi connectivity index (χ3n) is 4.06. The van der Waals surface area contributed by atoms with Gasteiger partial charge in [0.25, 0.3) is 0 Å². The molecule has 0 saturated heterocycles. The molecule has 7 nitrogen and oxygen atoms in total. The third-order valence-corrected chi connectivity index (χ3v) is 6.56. The normalized spacial score (nSPS) is 10.9. The van der Waals surface area contributed by atoms with Gasteiger partial charge in [-0.05, 0) is 30.3 Å². The summed E-state index contributed by atoms with van der Waals surface area (Å²) in [5.41, 5.74) is 2.27. The first-order valence-corrected chi connectivity index (χ1v) is 11.7. The molecule has 0 radical (unpaired) electrons. The van der Waals surface area contributed by atoms with Gasteiger partial charge in [-0.1, -0.05) is 58.7 Å². The van der Waals surface area contributed by atoms with Crippen molar-refractivity contribution in [3.8, 4) is 22.6 Å². The van der Waals surface area contributed by atoms with Crippen molar-refractivity contribution in [1.82, 2.24) is 19.9 Å². The van der Waals surface area contributed by atoms with E-state index in [2.05, 4.69) is 20.5 Å². The number of aromatic nitrogens is 4. The Labute approximate surface area is 200 Å². The van der Waals surface area contributed by atoms with Gasteiger partial charge in [0, 0.05) is 26.6 Å². The van der Waals surface area contributed by atoms with Crippen molar-refractivity contribution in [3.05, 3.63) is 62.9 Å². The molecule has 31 heavy (non-hydrogen) atoms. The summed E-state index contributed by atoms with van der Waals surface area (Å²) in [6.07, 6.45) is 0. The van der Waals surface area contributed by atoms with E-state index in [9.17, 15) is 4.79 Å². The van der Waals surface area contributed by atoms with Gasteiger partial charge in [0.05, 0.1) is 16.5 Å². The van der Waals surface area contributed by atoms with Crippen LogP contribution in [0, 0.1) is 0 Å². The van der Waals surface area contributed by atoms with Gasteiger partial charge in [-0.15, -0.1) is 21.5 Å². The number of nitrogens with two attached hydrogens (primary N) is 1. The fourth-order valence-electron chi connectivity index (χ4n) is 2.60. The van der Waals surface area contributed by atoms with Crippen molar-refractivity contribution < 1.29 is 4.79 Å². The zero-order valence-corrected chi connectivity index (χ0v) is 19.5. The summed E-state index contributed by atoms with van der Waals surface area (Å²) < 4.78 is 1.29. The molecule has 2 heterocycles. The Balaban J connectivity index is 1.38. The lowest BCUT2D eigenvalue weighted by Crippen LogP contribution is -2.16. The highest BCUT2D eigenvalue weighted by Crippen LogP contribution is 2.30. The maximum absolute atomic E-state index is 12.3. The van der Waals surface area contributed by atoms with Crippen LogP contribution in [-0.2, 0) is 4.79 Å². The largest absolute Gasteiger partial charge is 0.335 e. The smallest absolute Gasteiger partial charge is 0.236 e. The fraction of sp³-hybridized carbons (Fsp3) is 0.0526. The number of hydrogen-bond acceptors (Lipinski definition) is 7. The monoisotopic (exact) mass is 510 g/mol. The molecular formula is C19H13Cl3N6OS2. The number of nitrogens with one attached hydrogen (secondary N) is 1. The van der Waals surface area contributed by atoms with Gasteiger partial charge >= 0.3 is 0 Å². The van der Waals surface area contributed by atoms with Gasteiger partial charge in [0.15, 0.2) is 11.0 Å². The molecule has 158 valence electrons. The highest BCUT2D eigenvalue weighted by atomic mass is 35.5. The van der Waals surface area contributed by atoms with Crippen molar-refractivity contribution in [2.75, 3.05) is 16.9 Å². The zero-order chi connectivity index (χ0) is 22.0. The van der Waals surface area contributed by atoms with Crippen LogP contribution in [0.25, 0.3) is 22.6 Å². The number of benzene rings is 2. The first-order valence-electron chi connectivity index (χ1n) is 8.71. The lowest BCUT2D eigenvalue weighted by molar-refractivity contribution is -0.113. The first-order chi connectivity index (χ1) is 14.9. The first kappa shape index (κ1) is 21.9. The molecule has 1 amide bonds. The maximum atomic E-state index is 12.3. The van der Waals surface area contributed by atoms with Crippen LogP contribution in [0.2, 0.25) is 15.1 Å². The summed E-state index contributed by atoms with van der Waals surface area (Å²) in [5.74, 6) is 6.30. The van der Waals surface area contributed by atoms with Gasteiger partial charge in [0.2, 0.25) is 11.1 Å². The minimum Gasteiger partial charge on any atom is -0.335 e. The number of anilines is 1. The molecule has 3 N–H and O–H groups in total. The van der Waals surface area contributed by atoms with Gasteiger partial charge in [-0.3, -0.25) is 4.79 Å². The number of amides is 1. The van der Waals surface area contributed by atoms with E-state index in [1.54, 1.807) is 30.3 Å². The quantitative estimate of drug-likeness (QED) is 0.263. The predicted octanol–water partition coefficient (Wildman–Crippen LogP) is 5.47. The highest BCUT2D eigenvalue weighted by Gasteiger charge is 2.17. The topological polar surface area (TPSA) is 98.7 Å². The van der Waals surface area contributed by atoms with Gasteiger partial charge in [0.1, 0.15) is 0 Å². The van der Waals surface area contributed by atoms with E-state index in [0.29, 0.717) is 36.7 Å². The molecule has 0 spiro atoms. The number of thiazole rings is 1. The average molecular weight is 512 g/mol. The van der Waals surface area contributed by atoms with Crippen LogP contribution in [-0.4, -0.2) is 31.5 Å². The van der Waals surface area contributed by atoms with Crippen LogP contribution in [0.1, 0.15) is 0 Å². The Hall–Kier alpha value is -2.30. The second kappa shape index (κ2) is 9.46. The van der Waals surface area contributed by atoms with E-state index in [1.165, 1.54) is 16.0 Å². The van der Waals surface area contributed by atoms with Crippen LogP contribution >= 0.6 is 57.9 Å². The summed E-state index contributed by atoms with van der Waals surface area (Å²) >= 11 is 20.5. The maximum Gasteiger partial charge on any atom is 0.236 e. The van der Waals surface area contributed by atoms with Crippen LogP contribution in [0.3, 0.4) is 0 Å². The molecule has 4 aromatic rings. The van der Waals surface area contributed by atoms with E-state index < -0.39 is 0 Å². The molecule has 12 heteroatoms. The van der Waals surface area contributed by atoms with Crippen molar-refractivity contribution in [2.45, 2.75) is 5.16 Å². The van der Waals surface area contributed by atoms with Crippen LogP contribution in [0.5, 0.6) is 0 Å². The van der Waals surface area contributed by atoms with Crippen molar-refractivity contribution >= 4 is 68.9 Å². The SMILES string of the molecule is Nn1c(SCC(=O)Nc2nc(-c3ccc(Cl)cc3)cs2)nnc1-c1ccc(Cl)cc1Cl. The molecular weight excluding hydrogens is 499 g/mol. The third kappa shape index (κ3) is 5.13. The second-order valence-electron chi connectivity index (χ2n) is 6.18. The second-order valence-corrected chi connectivity index (χ2v) is 9.26. The summed E-state index contributed by atoms with van der Waals surface area (Å²) in [7, 11) is 0. The lowest BCUT2D eigenvalue weighted by atomic mass is 10.2. The molecule has 4 rings (SSSR count). The average Bonchev–Trinajstić information content (AvgIpc) is 3.34. The lowest BCUT2D eigenvalue weighted by Gasteiger charge is -2.05. The Morgan fingerprint density at radius 2 is 1.84 bits per heavy atom. The number of halogens is 3. The number of carbonyl (C=O) groups excluding carboxylic acids is 1. The molecule has 0 fully saturated rings. The molecule has 0 aliphatic rings. The standard InChI is InChI=1S/C19H13Cl3N6OS2/c20-11-3-1-10(2-4-11)15-8-30-18(24-15)25-16(29)9-31-19-27-26-17(28(19)23)13-6-5-12(21)7-14(13)22/h1-8H,9,23H2,(H,24,25,29). The van der Waals surface area contributed by atoms with Crippen molar-refractivity contribution in [3.63, 3.8) is 0 Å². The number of carbonyl (C=O) groups is 1. The van der Waals surface area contributed by atoms with Crippen LogP contribution in [0.4, 0.5) is 5.13 Å². The van der Waals surface area contributed by atoms with Crippen LogP contribution < -0.4 is 11.2 Å². The number of thioether (sulfide) groups is 1. The van der Waals surface area contributed by atoms with Crippen molar-refractivity contribution in [1.29, 1.82) is 0 Å². The van der Waals surface area contributed by atoms with E-state index in [-0.39, 0.29) is 11.7 Å². The number of hydrogen-bond donors (Lipinski definition) is 2. The molecule has 0 atom stereocenters. The van der Waals surface area contributed by atoms with Gasteiger partial charge in [-0.25, -0.2) is 9.66 Å². The fourth-order valence-corrected chi connectivity index (χ4v) is 4.61. The van der Waals surface area contributed by atoms with E-state index in [1.807, 2.05) is 17.5 Å². The number of nitrogens with zero attached hydrogens (tertiary/aromatic N) is 4. The van der Waals surface area contributed by atoms with Gasteiger partial charge < -0.3 is 11.2 Å². The molecule has 0 unspecified atom stereocenters. The summed E-state index contributed by atoms with van der Waals surface area (Å²) in [6, 6.07) is 12.3. The van der Waals surface area contributed by atoms with E-state index in [4.69, 9.17) is 40.6 Å². The summed E-state index contributed by atoms with van der Waals surface area (Å²) in [4.78, 5) is 16.8. The number of rotatable bonds is 6. The Morgan fingerprint density at radius 3 is 2.58 bits per heavy atom. The van der Waals surface area contributed by atoms with E-state index >= 15 is 0 Å². The molecule has 0 aliphatic carbocycles. The molecule has 0 aliphatic heterocycles. The van der Waals surface area contributed by atoms with E-state index in [0.717, 1.165) is 23.0 Å². The molecule has 0 bridgehead atoms.